The molecule has 0 aliphatic carbocycles. The summed E-state index contributed by atoms with van der Waals surface area (Å²) in [4.78, 5) is 24.2. The van der Waals surface area contributed by atoms with Crippen LogP contribution in [0, 0.1) is 0 Å². The molecular formula is C17H20N2O4S2. The first kappa shape index (κ1) is 19.3. The lowest BCUT2D eigenvalue weighted by molar-refractivity contribution is -0.120. The lowest BCUT2D eigenvalue weighted by Crippen LogP contribution is -2.31. The van der Waals surface area contributed by atoms with Crippen molar-refractivity contribution in [3.63, 3.8) is 0 Å². The fourth-order valence-corrected chi connectivity index (χ4v) is 3.86. The molecule has 0 unspecified atom stereocenters. The summed E-state index contributed by atoms with van der Waals surface area (Å²) < 4.78 is 26.7. The number of Topliss-reactive ketones (excluding diaryl/α,β-unsaturated/α-hetero) is 1. The molecule has 1 aromatic heterocycles. The Morgan fingerprint density at radius 1 is 1.08 bits per heavy atom. The summed E-state index contributed by atoms with van der Waals surface area (Å²) in [6, 6.07) is 9.64. The van der Waals surface area contributed by atoms with E-state index < -0.39 is 10.0 Å². The van der Waals surface area contributed by atoms with Crippen LogP contribution in [0.4, 0.5) is 0 Å². The second kappa shape index (κ2) is 8.89. The van der Waals surface area contributed by atoms with Gasteiger partial charge in [0.2, 0.25) is 15.9 Å². The summed E-state index contributed by atoms with van der Waals surface area (Å²) >= 11 is 1.63. The largest absolute Gasteiger partial charge is 0.356 e. The number of hydrogen-bond acceptors (Lipinski definition) is 5. The van der Waals surface area contributed by atoms with Crippen LogP contribution in [0.15, 0.2) is 46.7 Å². The second-order valence-electron chi connectivity index (χ2n) is 5.41. The van der Waals surface area contributed by atoms with Gasteiger partial charge in [0.05, 0.1) is 4.90 Å². The van der Waals surface area contributed by atoms with E-state index >= 15 is 0 Å². The predicted octanol–water partition coefficient (Wildman–Crippen LogP) is 1.98. The van der Waals surface area contributed by atoms with Crippen LogP contribution in [-0.2, 0) is 21.2 Å². The van der Waals surface area contributed by atoms with Crippen LogP contribution < -0.4 is 10.0 Å². The van der Waals surface area contributed by atoms with Crippen molar-refractivity contribution in [3.05, 3.63) is 52.2 Å². The van der Waals surface area contributed by atoms with Crippen molar-refractivity contribution in [2.45, 2.75) is 24.7 Å². The topological polar surface area (TPSA) is 92.3 Å². The first-order chi connectivity index (χ1) is 11.9. The second-order valence-corrected chi connectivity index (χ2v) is 8.21. The van der Waals surface area contributed by atoms with Gasteiger partial charge in [0, 0.05) is 30.0 Å². The Labute approximate surface area is 151 Å². The molecule has 134 valence electrons. The number of rotatable bonds is 9. The Bertz CT molecular complexity index is 813. The van der Waals surface area contributed by atoms with Crippen molar-refractivity contribution >= 4 is 33.1 Å². The van der Waals surface area contributed by atoms with Crippen LogP contribution in [0.5, 0.6) is 0 Å². The van der Waals surface area contributed by atoms with Gasteiger partial charge in [0.25, 0.3) is 0 Å². The van der Waals surface area contributed by atoms with Crippen LogP contribution in [0.25, 0.3) is 0 Å². The van der Waals surface area contributed by atoms with Crippen LogP contribution in [0.2, 0.25) is 0 Å². The molecule has 0 atom stereocenters. The molecule has 0 aliphatic heterocycles. The van der Waals surface area contributed by atoms with Crippen molar-refractivity contribution in [3.8, 4) is 0 Å². The molecule has 25 heavy (non-hydrogen) atoms. The summed E-state index contributed by atoms with van der Waals surface area (Å²) in [5.74, 6) is -0.331. The van der Waals surface area contributed by atoms with E-state index in [1.165, 1.54) is 36.1 Å². The van der Waals surface area contributed by atoms with Crippen LogP contribution in [-0.4, -0.2) is 33.2 Å². The van der Waals surface area contributed by atoms with Crippen molar-refractivity contribution in [1.82, 2.24) is 10.0 Å². The van der Waals surface area contributed by atoms with E-state index in [1.807, 2.05) is 17.5 Å². The van der Waals surface area contributed by atoms with E-state index in [-0.39, 0.29) is 29.6 Å². The molecule has 0 radical (unpaired) electrons. The molecule has 0 saturated heterocycles. The van der Waals surface area contributed by atoms with Crippen LogP contribution in [0.3, 0.4) is 0 Å². The zero-order valence-electron chi connectivity index (χ0n) is 13.8. The Morgan fingerprint density at radius 2 is 1.80 bits per heavy atom. The van der Waals surface area contributed by atoms with Gasteiger partial charge < -0.3 is 5.32 Å². The maximum absolute atomic E-state index is 12.1. The number of carbonyl (C=O) groups excluding carboxylic acids is 2. The average molecular weight is 380 g/mol. The molecule has 2 aromatic rings. The first-order valence-corrected chi connectivity index (χ1v) is 10.1. The molecule has 1 heterocycles. The minimum absolute atomic E-state index is 0.0155. The zero-order chi connectivity index (χ0) is 18.3. The van der Waals surface area contributed by atoms with Gasteiger partial charge in [-0.1, -0.05) is 18.2 Å². The fraction of sp³-hybridized carbons (Fsp3) is 0.294. The monoisotopic (exact) mass is 380 g/mol. The van der Waals surface area contributed by atoms with E-state index in [0.717, 1.165) is 6.42 Å². The number of sulfonamides is 1. The van der Waals surface area contributed by atoms with Gasteiger partial charge in [0.15, 0.2) is 5.78 Å². The fourth-order valence-electron chi connectivity index (χ4n) is 2.12. The van der Waals surface area contributed by atoms with Gasteiger partial charge >= 0.3 is 0 Å². The van der Waals surface area contributed by atoms with Crippen LogP contribution in [0.1, 0.15) is 28.6 Å². The summed E-state index contributed by atoms with van der Waals surface area (Å²) in [5.41, 5.74) is 0.448. The maximum atomic E-state index is 12.1. The highest BCUT2D eigenvalue weighted by molar-refractivity contribution is 7.89. The van der Waals surface area contributed by atoms with E-state index in [2.05, 4.69) is 10.0 Å². The average Bonchev–Trinajstić information content (AvgIpc) is 3.08. The minimum atomic E-state index is -3.69. The Hall–Kier alpha value is -2.03. The van der Waals surface area contributed by atoms with E-state index in [1.54, 1.807) is 11.3 Å². The number of benzene rings is 1. The molecular weight excluding hydrogens is 360 g/mol. The normalized spacial score (nSPS) is 11.2. The van der Waals surface area contributed by atoms with Crippen LogP contribution >= 0.6 is 11.3 Å². The van der Waals surface area contributed by atoms with Gasteiger partial charge in [-0.3, -0.25) is 9.59 Å². The van der Waals surface area contributed by atoms with Gasteiger partial charge in [-0.2, -0.15) is 0 Å². The van der Waals surface area contributed by atoms with Crippen molar-refractivity contribution in [2.75, 3.05) is 13.1 Å². The third-order valence-electron chi connectivity index (χ3n) is 3.49. The lowest BCUT2D eigenvalue weighted by Gasteiger charge is -2.08. The lowest BCUT2D eigenvalue weighted by atomic mass is 10.2. The molecule has 0 aliphatic rings. The summed E-state index contributed by atoms with van der Waals surface area (Å²) in [6.45, 7) is 1.96. The highest BCUT2D eigenvalue weighted by Gasteiger charge is 2.14. The first-order valence-electron chi connectivity index (χ1n) is 7.78. The third kappa shape index (κ3) is 6.08. The quantitative estimate of drug-likeness (QED) is 0.651. The van der Waals surface area contributed by atoms with Gasteiger partial charge in [-0.25, -0.2) is 13.1 Å². The molecule has 0 saturated carbocycles. The molecule has 8 heteroatoms. The van der Waals surface area contributed by atoms with Crippen molar-refractivity contribution in [1.29, 1.82) is 0 Å². The smallest absolute Gasteiger partial charge is 0.240 e. The maximum Gasteiger partial charge on any atom is 0.240 e. The Kier molecular flexibility index (Phi) is 6.86. The Balaban J connectivity index is 1.75. The van der Waals surface area contributed by atoms with Gasteiger partial charge in [-0.05, 0) is 36.9 Å². The number of nitrogens with one attached hydrogen (secondary N) is 2. The number of hydrogen-bond donors (Lipinski definition) is 2. The van der Waals surface area contributed by atoms with Crippen molar-refractivity contribution in [2.24, 2.45) is 0 Å². The van der Waals surface area contributed by atoms with E-state index in [9.17, 15) is 18.0 Å². The van der Waals surface area contributed by atoms with Gasteiger partial charge in [0.1, 0.15) is 0 Å². The molecule has 0 fully saturated rings. The third-order valence-corrected chi connectivity index (χ3v) is 5.90. The van der Waals surface area contributed by atoms with Gasteiger partial charge in [-0.15, -0.1) is 11.3 Å². The summed E-state index contributed by atoms with van der Waals surface area (Å²) in [5, 5.41) is 4.74. The molecule has 2 N–H and O–H groups in total. The highest BCUT2D eigenvalue weighted by Crippen LogP contribution is 2.11. The summed E-state index contributed by atoms with van der Waals surface area (Å²) in [7, 11) is -3.69. The predicted molar refractivity (Wildman–Crippen MR) is 97.3 cm³/mol. The number of amides is 1. The SMILES string of the molecule is CC(=O)c1ccc(S(=O)(=O)NCCC(=O)NCCc2cccs2)cc1. The number of thiophene rings is 1. The Morgan fingerprint density at radius 3 is 2.40 bits per heavy atom. The zero-order valence-corrected chi connectivity index (χ0v) is 15.5. The number of ketones is 1. The number of carbonyl (C=O) groups is 2. The molecule has 1 amide bonds. The van der Waals surface area contributed by atoms with E-state index in [0.29, 0.717) is 12.1 Å². The van der Waals surface area contributed by atoms with E-state index in [4.69, 9.17) is 0 Å². The molecule has 6 nitrogen and oxygen atoms in total. The molecule has 0 bridgehead atoms. The molecule has 2 rings (SSSR count). The molecule has 1 aromatic carbocycles. The molecule has 0 spiro atoms. The highest BCUT2D eigenvalue weighted by atomic mass is 32.2. The standard InChI is InChI=1S/C17H20N2O4S2/c1-13(20)14-4-6-16(7-5-14)25(22,23)19-11-9-17(21)18-10-8-15-3-2-12-24-15/h2-7,12,19H,8-11H2,1H3,(H,18,21). The minimum Gasteiger partial charge on any atom is -0.356 e. The summed E-state index contributed by atoms with van der Waals surface area (Å²) in [6.07, 6.45) is 0.826. The van der Waals surface area contributed by atoms with Crippen molar-refractivity contribution < 1.29 is 18.0 Å².